The van der Waals surface area contributed by atoms with E-state index in [-0.39, 0.29) is 30.6 Å². The van der Waals surface area contributed by atoms with Gasteiger partial charge in [0.1, 0.15) is 24.0 Å². The second kappa shape index (κ2) is 9.29. The number of hydrogen-bond acceptors (Lipinski definition) is 7. The Labute approximate surface area is 192 Å². The van der Waals surface area contributed by atoms with Crippen LogP contribution in [0.4, 0.5) is 0 Å². The number of nitrogens with zero attached hydrogens (tertiary/aromatic N) is 1. The Morgan fingerprint density at radius 1 is 1.21 bits per heavy atom. The smallest absolute Gasteiger partial charge is 0.342 e. The van der Waals surface area contributed by atoms with Crippen molar-refractivity contribution in [2.24, 2.45) is 0 Å². The van der Waals surface area contributed by atoms with E-state index in [4.69, 9.17) is 9.47 Å². The van der Waals surface area contributed by atoms with E-state index < -0.39 is 23.2 Å². The van der Waals surface area contributed by atoms with Crippen LogP contribution < -0.4 is 0 Å². The maximum absolute atomic E-state index is 12.2. The van der Waals surface area contributed by atoms with Crippen LogP contribution >= 0.6 is 45.2 Å². The largest absolute Gasteiger partial charge is 0.506 e. The summed E-state index contributed by atoms with van der Waals surface area (Å²) in [5, 5.41) is 31.9. The number of esters is 1. The number of phenols is 1. The van der Waals surface area contributed by atoms with Crippen LogP contribution in [-0.2, 0) is 9.47 Å². The maximum atomic E-state index is 12.2. The van der Waals surface area contributed by atoms with Crippen LogP contribution in [0, 0.1) is 7.14 Å². The molecule has 1 saturated heterocycles. The van der Waals surface area contributed by atoms with E-state index in [0.717, 1.165) is 3.57 Å². The van der Waals surface area contributed by atoms with Gasteiger partial charge in [0.2, 0.25) is 0 Å². The highest BCUT2D eigenvalue weighted by Crippen LogP contribution is 2.38. The highest BCUT2D eigenvalue weighted by atomic mass is 127. The number of benzene rings is 1. The zero-order chi connectivity index (χ0) is 21.3. The van der Waals surface area contributed by atoms with Gasteiger partial charge in [0, 0.05) is 14.6 Å². The first-order chi connectivity index (χ1) is 12.8. The van der Waals surface area contributed by atoms with E-state index in [1.165, 1.54) is 11.1 Å². The fourth-order valence-corrected chi connectivity index (χ4v) is 5.41. The minimum atomic E-state index is -0.980. The fraction of sp³-hybridized carbons (Fsp3) is 0.632. The molecule has 0 aromatic heterocycles. The van der Waals surface area contributed by atoms with Crippen LogP contribution in [-0.4, -0.2) is 63.0 Å². The Balaban J connectivity index is 1.86. The van der Waals surface area contributed by atoms with Gasteiger partial charge in [-0.2, -0.15) is 5.06 Å². The molecule has 0 radical (unpaired) electrons. The zero-order valence-electron chi connectivity index (χ0n) is 16.4. The molecular formula is C19H27I2NO6. The van der Waals surface area contributed by atoms with Crippen molar-refractivity contribution >= 4 is 51.2 Å². The molecule has 1 aliphatic rings. The predicted molar refractivity (Wildman–Crippen MR) is 121 cm³/mol. The van der Waals surface area contributed by atoms with Crippen LogP contribution in [0.2, 0.25) is 0 Å². The van der Waals surface area contributed by atoms with Gasteiger partial charge in [-0.05, 0) is 97.9 Å². The summed E-state index contributed by atoms with van der Waals surface area (Å²) in [6.07, 6.45) is 0.133. The minimum absolute atomic E-state index is 0.0192. The van der Waals surface area contributed by atoms with E-state index in [1.54, 1.807) is 6.07 Å². The van der Waals surface area contributed by atoms with Crippen molar-refractivity contribution in [1.29, 1.82) is 0 Å². The van der Waals surface area contributed by atoms with Crippen LogP contribution in [0.1, 0.15) is 50.9 Å². The number of aliphatic hydroxyl groups is 1. The standard InChI is InChI=1S/C19H27I2NO6/c1-18(2)7-13(8-19(3,4)22(18)26)27-9-12(23)10-28-17(25)14-5-11(20)6-15(21)16(14)24/h5-6,12-13,23-24,26H,7-10H2,1-4H3. The predicted octanol–water partition coefficient (Wildman–Crippen LogP) is 3.55. The average molecular weight is 619 g/mol. The Hall–Kier alpha value is -0.210. The summed E-state index contributed by atoms with van der Waals surface area (Å²) in [4.78, 5) is 12.2. The monoisotopic (exact) mass is 619 g/mol. The maximum Gasteiger partial charge on any atom is 0.342 e. The normalized spacial score (nSPS) is 20.7. The molecule has 1 aromatic rings. The number of rotatable bonds is 6. The van der Waals surface area contributed by atoms with Crippen molar-refractivity contribution in [2.75, 3.05) is 13.2 Å². The molecular weight excluding hydrogens is 592 g/mol. The van der Waals surface area contributed by atoms with Crippen LogP contribution in [0.25, 0.3) is 0 Å². The number of aliphatic hydroxyl groups excluding tert-OH is 1. The lowest BCUT2D eigenvalue weighted by Crippen LogP contribution is -2.60. The number of carbonyl (C=O) groups is 1. The summed E-state index contributed by atoms with van der Waals surface area (Å²) in [5.41, 5.74) is -0.811. The van der Waals surface area contributed by atoms with E-state index in [9.17, 15) is 20.2 Å². The fourth-order valence-electron chi connectivity index (χ4n) is 3.56. The first kappa shape index (κ1) is 24.1. The van der Waals surface area contributed by atoms with Crippen LogP contribution in [0.15, 0.2) is 12.1 Å². The third-order valence-electron chi connectivity index (χ3n) is 4.78. The third-order valence-corrected chi connectivity index (χ3v) is 6.23. The SMILES string of the molecule is CC1(C)CC(OCC(O)COC(=O)c2cc(I)cc(I)c2O)CC(C)(C)N1O. The highest BCUT2D eigenvalue weighted by molar-refractivity contribution is 14.1. The molecule has 28 heavy (non-hydrogen) atoms. The molecule has 1 unspecified atom stereocenters. The number of ether oxygens (including phenoxy) is 2. The lowest BCUT2D eigenvalue weighted by atomic mass is 9.80. The summed E-state index contributed by atoms with van der Waals surface area (Å²) in [6.45, 7) is 7.56. The van der Waals surface area contributed by atoms with Gasteiger partial charge >= 0.3 is 5.97 Å². The summed E-state index contributed by atoms with van der Waals surface area (Å²) in [5.74, 6) is -0.819. The van der Waals surface area contributed by atoms with E-state index in [1.807, 2.05) is 50.3 Å². The molecule has 0 saturated carbocycles. The number of carbonyl (C=O) groups excluding carboxylic acids is 1. The van der Waals surface area contributed by atoms with Crippen molar-refractivity contribution < 1.29 is 29.7 Å². The van der Waals surface area contributed by atoms with Crippen molar-refractivity contribution in [3.05, 3.63) is 24.8 Å². The van der Waals surface area contributed by atoms with E-state index in [0.29, 0.717) is 16.4 Å². The second-order valence-electron chi connectivity index (χ2n) is 8.34. The van der Waals surface area contributed by atoms with Gasteiger partial charge in [0.25, 0.3) is 0 Å². The molecule has 1 aromatic carbocycles. The quantitative estimate of drug-likeness (QED) is 0.331. The zero-order valence-corrected chi connectivity index (χ0v) is 20.7. The Morgan fingerprint density at radius 2 is 1.79 bits per heavy atom. The van der Waals surface area contributed by atoms with Crippen molar-refractivity contribution in [3.63, 3.8) is 0 Å². The van der Waals surface area contributed by atoms with Gasteiger partial charge in [0.05, 0.1) is 16.3 Å². The van der Waals surface area contributed by atoms with Crippen LogP contribution in [0.3, 0.4) is 0 Å². The number of piperidine rings is 1. The summed E-state index contributed by atoms with van der Waals surface area (Å²) >= 11 is 4.00. The van der Waals surface area contributed by atoms with Crippen molar-refractivity contribution in [3.8, 4) is 5.75 Å². The summed E-state index contributed by atoms with van der Waals surface area (Å²) < 4.78 is 12.3. The minimum Gasteiger partial charge on any atom is -0.506 e. The number of hydroxylamine groups is 2. The lowest BCUT2D eigenvalue weighted by molar-refractivity contribution is -0.262. The lowest BCUT2D eigenvalue weighted by Gasteiger charge is -2.51. The van der Waals surface area contributed by atoms with E-state index >= 15 is 0 Å². The van der Waals surface area contributed by atoms with Gasteiger partial charge < -0.3 is 24.9 Å². The molecule has 0 bridgehead atoms. The molecule has 158 valence electrons. The first-order valence-corrected chi connectivity index (χ1v) is 11.1. The highest BCUT2D eigenvalue weighted by Gasteiger charge is 2.45. The van der Waals surface area contributed by atoms with Gasteiger partial charge in [0.15, 0.2) is 0 Å². The number of phenolic OH excluding ortho intramolecular Hbond substituents is 1. The molecule has 1 atom stereocenters. The molecule has 2 rings (SSSR count). The molecule has 0 amide bonds. The van der Waals surface area contributed by atoms with Gasteiger partial charge in [-0.3, -0.25) is 0 Å². The van der Waals surface area contributed by atoms with Gasteiger partial charge in [-0.25, -0.2) is 4.79 Å². The van der Waals surface area contributed by atoms with Gasteiger partial charge in [-0.15, -0.1) is 0 Å². The van der Waals surface area contributed by atoms with Gasteiger partial charge in [-0.1, -0.05) is 0 Å². The van der Waals surface area contributed by atoms with E-state index in [2.05, 4.69) is 22.6 Å². The van der Waals surface area contributed by atoms with Crippen molar-refractivity contribution in [2.45, 2.75) is 63.8 Å². The number of halogens is 2. The average Bonchev–Trinajstić information content (AvgIpc) is 2.58. The molecule has 3 N–H and O–H groups in total. The Bertz CT molecular complexity index is 707. The topological polar surface area (TPSA) is 99.5 Å². The molecule has 0 aliphatic carbocycles. The molecule has 7 nitrogen and oxygen atoms in total. The number of hydrogen-bond donors (Lipinski definition) is 3. The molecule has 1 aliphatic heterocycles. The molecule has 0 spiro atoms. The molecule has 1 fully saturated rings. The molecule has 9 heteroatoms. The molecule has 1 heterocycles. The first-order valence-electron chi connectivity index (χ1n) is 8.97. The number of aromatic hydroxyl groups is 1. The summed E-state index contributed by atoms with van der Waals surface area (Å²) in [6, 6.07) is 3.28. The Morgan fingerprint density at radius 3 is 2.36 bits per heavy atom. The van der Waals surface area contributed by atoms with Crippen molar-refractivity contribution in [1.82, 2.24) is 5.06 Å². The van der Waals surface area contributed by atoms with Crippen LogP contribution in [0.5, 0.6) is 5.75 Å². The third kappa shape index (κ3) is 5.91. The second-order valence-corrected chi connectivity index (χ2v) is 10.7. The Kier molecular flexibility index (Phi) is 7.99. The summed E-state index contributed by atoms with van der Waals surface area (Å²) in [7, 11) is 0.